The van der Waals surface area contributed by atoms with E-state index >= 15 is 0 Å². The molecule has 0 fully saturated rings. The number of ether oxygens (including phenoxy) is 1. The second-order valence-electron chi connectivity index (χ2n) is 3.34. The molecule has 0 radical (unpaired) electrons. The highest BCUT2D eigenvalue weighted by molar-refractivity contribution is 9.10. The fourth-order valence-electron chi connectivity index (χ4n) is 1.50. The monoisotopic (exact) mass is 285 g/mol. The molecule has 3 nitrogen and oxygen atoms in total. The van der Waals surface area contributed by atoms with Crippen LogP contribution in [0.1, 0.15) is 29.8 Å². The lowest BCUT2D eigenvalue weighted by molar-refractivity contribution is 0.0954. The Hall–Kier alpha value is -1.03. The Morgan fingerprint density at radius 2 is 2.12 bits per heavy atom. The SMILES string of the molecule is CCNC(=O)c1c(Br)ccc(OCC)c1C. The van der Waals surface area contributed by atoms with Crippen LogP contribution in [0.5, 0.6) is 5.75 Å². The van der Waals surface area contributed by atoms with Gasteiger partial charge in [0.25, 0.3) is 5.91 Å². The molecule has 0 bridgehead atoms. The molecular formula is C12H16BrNO2. The van der Waals surface area contributed by atoms with Gasteiger partial charge in [-0.15, -0.1) is 0 Å². The highest BCUT2D eigenvalue weighted by Gasteiger charge is 2.15. The summed E-state index contributed by atoms with van der Waals surface area (Å²) in [6.45, 7) is 6.92. The summed E-state index contributed by atoms with van der Waals surface area (Å²) in [4.78, 5) is 11.8. The number of hydrogen-bond donors (Lipinski definition) is 1. The van der Waals surface area contributed by atoms with Gasteiger partial charge in [0.15, 0.2) is 0 Å². The zero-order valence-corrected chi connectivity index (χ0v) is 11.3. The number of nitrogens with one attached hydrogen (secondary N) is 1. The summed E-state index contributed by atoms with van der Waals surface area (Å²) in [5.41, 5.74) is 1.51. The molecule has 0 aliphatic heterocycles. The molecule has 1 amide bonds. The topological polar surface area (TPSA) is 38.3 Å². The predicted molar refractivity (Wildman–Crippen MR) is 68.1 cm³/mol. The van der Waals surface area contributed by atoms with Gasteiger partial charge in [0.05, 0.1) is 12.2 Å². The zero-order chi connectivity index (χ0) is 12.1. The number of carbonyl (C=O) groups excluding carboxylic acids is 1. The third-order valence-corrected chi connectivity index (χ3v) is 2.89. The zero-order valence-electron chi connectivity index (χ0n) is 9.76. The molecule has 0 aliphatic rings. The van der Waals surface area contributed by atoms with Gasteiger partial charge < -0.3 is 10.1 Å². The van der Waals surface area contributed by atoms with Gasteiger partial charge in [0.1, 0.15) is 5.75 Å². The average molecular weight is 286 g/mol. The van der Waals surface area contributed by atoms with E-state index in [9.17, 15) is 4.79 Å². The first-order valence-corrected chi connectivity index (χ1v) is 6.11. The second-order valence-corrected chi connectivity index (χ2v) is 4.19. The van der Waals surface area contributed by atoms with Crippen molar-refractivity contribution in [3.63, 3.8) is 0 Å². The molecule has 0 saturated heterocycles. The molecule has 0 aromatic heterocycles. The molecule has 1 rings (SSSR count). The number of carbonyl (C=O) groups is 1. The summed E-state index contributed by atoms with van der Waals surface area (Å²) in [7, 11) is 0. The van der Waals surface area contributed by atoms with E-state index < -0.39 is 0 Å². The Morgan fingerprint density at radius 1 is 1.44 bits per heavy atom. The van der Waals surface area contributed by atoms with Crippen molar-refractivity contribution in [1.29, 1.82) is 0 Å². The first kappa shape index (κ1) is 13.0. The molecule has 0 aliphatic carbocycles. The molecule has 0 heterocycles. The van der Waals surface area contributed by atoms with Crippen LogP contribution in [0, 0.1) is 6.92 Å². The summed E-state index contributed by atoms with van der Waals surface area (Å²) < 4.78 is 6.25. The first-order chi connectivity index (χ1) is 7.61. The summed E-state index contributed by atoms with van der Waals surface area (Å²) in [6, 6.07) is 3.70. The van der Waals surface area contributed by atoms with E-state index in [0.29, 0.717) is 18.7 Å². The van der Waals surface area contributed by atoms with E-state index in [4.69, 9.17) is 4.74 Å². The maximum atomic E-state index is 11.8. The average Bonchev–Trinajstić information content (AvgIpc) is 2.23. The highest BCUT2D eigenvalue weighted by atomic mass is 79.9. The molecule has 0 spiro atoms. The maximum Gasteiger partial charge on any atom is 0.252 e. The Bertz CT molecular complexity index is 391. The van der Waals surface area contributed by atoms with Gasteiger partial charge in [-0.25, -0.2) is 0 Å². The van der Waals surface area contributed by atoms with E-state index in [2.05, 4.69) is 21.2 Å². The highest BCUT2D eigenvalue weighted by Crippen LogP contribution is 2.28. The van der Waals surface area contributed by atoms with Crippen LogP contribution in [0.25, 0.3) is 0 Å². The third-order valence-electron chi connectivity index (χ3n) is 2.23. The van der Waals surface area contributed by atoms with Crippen molar-refractivity contribution >= 4 is 21.8 Å². The van der Waals surface area contributed by atoms with Gasteiger partial charge in [0.2, 0.25) is 0 Å². The molecule has 0 unspecified atom stereocenters. The van der Waals surface area contributed by atoms with E-state index in [-0.39, 0.29) is 5.91 Å². The molecule has 0 atom stereocenters. The van der Waals surface area contributed by atoms with Crippen LogP contribution in [0.15, 0.2) is 16.6 Å². The summed E-state index contributed by atoms with van der Waals surface area (Å²) in [6.07, 6.45) is 0. The van der Waals surface area contributed by atoms with E-state index in [1.165, 1.54) is 0 Å². The Labute approximate surface area is 104 Å². The van der Waals surface area contributed by atoms with E-state index in [1.807, 2.05) is 32.9 Å². The molecule has 1 aromatic rings. The minimum Gasteiger partial charge on any atom is -0.494 e. The van der Waals surface area contributed by atoms with Crippen LogP contribution in [-0.2, 0) is 0 Å². The van der Waals surface area contributed by atoms with Crippen LogP contribution in [-0.4, -0.2) is 19.1 Å². The normalized spacial score (nSPS) is 10.0. The fraction of sp³-hybridized carbons (Fsp3) is 0.417. The van der Waals surface area contributed by atoms with Crippen molar-refractivity contribution in [2.24, 2.45) is 0 Å². The number of halogens is 1. The number of rotatable bonds is 4. The van der Waals surface area contributed by atoms with Gasteiger partial charge in [-0.05, 0) is 48.8 Å². The van der Waals surface area contributed by atoms with Gasteiger partial charge in [-0.1, -0.05) is 0 Å². The van der Waals surface area contributed by atoms with Gasteiger partial charge in [0, 0.05) is 16.6 Å². The minimum absolute atomic E-state index is 0.0755. The largest absolute Gasteiger partial charge is 0.494 e. The van der Waals surface area contributed by atoms with Crippen molar-refractivity contribution in [2.75, 3.05) is 13.2 Å². The molecule has 1 N–H and O–H groups in total. The standard InChI is InChI=1S/C12H16BrNO2/c1-4-14-12(15)11-8(3)10(16-5-2)7-6-9(11)13/h6-7H,4-5H2,1-3H3,(H,14,15). The van der Waals surface area contributed by atoms with E-state index in [0.717, 1.165) is 15.8 Å². The minimum atomic E-state index is -0.0755. The van der Waals surface area contributed by atoms with Crippen LogP contribution in [0.4, 0.5) is 0 Å². The first-order valence-electron chi connectivity index (χ1n) is 5.31. The summed E-state index contributed by atoms with van der Waals surface area (Å²) in [5.74, 6) is 0.681. The third kappa shape index (κ3) is 2.76. The molecule has 4 heteroatoms. The lowest BCUT2D eigenvalue weighted by Gasteiger charge is -2.13. The maximum absolute atomic E-state index is 11.8. The number of amides is 1. The van der Waals surface area contributed by atoms with Crippen LogP contribution < -0.4 is 10.1 Å². The predicted octanol–water partition coefficient (Wildman–Crippen LogP) is 2.91. The Balaban J connectivity index is 3.15. The number of benzene rings is 1. The molecular weight excluding hydrogens is 270 g/mol. The fourth-order valence-corrected chi connectivity index (χ4v) is 2.11. The van der Waals surface area contributed by atoms with Gasteiger partial charge in [-0.2, -0.15) is 0 Å². The van der Waals surface area contributed by atoms with Gasteiger partial charge in [-0.3, -0.25) is 4.79 Å². The van der Waals surface area contributed by atoms with Crippen molar-refractivity contribution in [1.82, 2.24) is 5.32 Å². The van der Waals surface area contributed by atoms with Crippen molar-refractivity contribution in [3.05, 3.63) is 27.7 Å². The second kappa shape index (κ2) is 5.89. The summed E-state index contributed by atoms with van der Waals surface area (Å²) in [5, 5.41) is 2.79. The molecule has 16 heavy (non-hydrogen) atoms. The van der Waals surface area contributed by atoms with Gasteiger partial charge >= 0.3 is 0 Å². The van der Waals surface area contributed by atoms with Crippen molar-refractivity contribution in [3.8, 4) is 5.75 Å². The summed E-state index contributed by atoms with van der Waals surface area (Å²) >= 11 is 3.39. The Kier molecular flexibility index (Phi) is 4.80. The number of hydrogen-bond acceptors (Lipinski definition) is 2. The Morgan fingerprint density at radius 3 is 2.69 bits per heavy atom. The molecule has 1 aromatic carbocycles. The quantitative estimate of drug-likeness (QED) is 0.924. The van der Waals surface area contributed by atoms with Crippen LogP contribution in [0.2, 0.25) is 0 Å². The lowest BCUT2D eigenvalue weighted by Crippen LogP contribution is -2.24. The van der Waals surface area contributed by atoms with E-state index in [1.54, 1.807) is 0 Å². The smallest absolute Gasteiger partial charge is 0.252 e. The van der Waals surface area contributed by atoms with Crippen LogP contribution >= 0.6 is 15.9 Å². The van der Waals surface area contributed by atoms with Crippen LogP contribution in [0.3, 0.4) is 0 Å². The lowest BCUT2D eigenvalue weighted by atomic mass is 10.1. The molecule has 0 saturated carbocycles. The van der Waals surface area contributed by atoms with Crippen molar-refractivity contribution < 1.29 is 9.53 Å². The molecule has 88 valence electrons. The van der Waals surface area contributed by atoms with Crippen molar-refractivity contribution in [2.45, 2.75) is 20.8 Å².